The molecule has 0 bridgehead atoms. The highest BCUT2D eigenvalue weighted by Crippen LogP contribution is 2.25. The summed E-state index contributed by atoms with van der Waals surface area (Å²) in [4.78, 5) is 20.1. The summed E-state index contributed by atoms with van der Waals surface area (Å²) in [7, 11) is 1.96. The Morgan fingerprint density at radius 3 is 2.54 bits per heavy atom. The van der Waals surface area contributed by atoms with Crippen molar-refractivity contribution in [1.29, 1.82) is 0 Å². The van der Waals surface area contributed by atoms with Gasteiger partial charge in [0, 0.05) is 26.2 Å². The van der Waals surface area contributed by atoms with Crippen molar-refractivity contribution in [3.05, 3.63) is 35.9 Å². The van der Waals surface area contributed by atoms with E-state index in [1.807, 2.05) is 30.1 Å². The van der Waals surface area contributed by atoms with Crippen LogP contribution in [0.25, 0.3) is 0 Å². The molecule has 4 heteroatoms. The number of benzene rings is 1. The Morgan fingerprint density at radius 1 is 1.12 bits per heavy atom. The number of carbonyl (C=O) groups excluding carboxylic acids is 1. The van der Waals surface area contributed by atoms with E-state index in [2.05, 4.69) is 28.9 Å². The molecule has 2 aliphatic rings. The molecule has 0 aromatic heterocycles. The number of hydrogen-bond acceptors (Lipinski definition) is 3. The van der Waals surface area contributed by atoms with Crippen molar-refractivity contribution >= 4 is 5.91 Å². The first-order valence-electron chi connectivity index (χ1n) is 10.4. The van der Waals surface area contributed by atoms with Crippen LogP contribution in [0.2, 0.25) is 0 Å². The van der Waals surface area contributed by atoms with Crippen molar-refractivity contribution in [2.45, 2.75) is 51.6 Å². The van der Waals surface area contributed by atoms with E-state index in [0.29, 0.717) is 18.5 Å². The summed E-state index contributed by atoms with van der Waals surface area (Å²) in [5, 5.41) is 0. The van der Waals surface area contributed by atoms with Gasteiger partial charge in [0.2, 0.25) is 5.91 Å². The standard InChI is InChI=1S/C22H35N3O/c1-3-13-24-15-11-21(12-16-24)25-14-7-10-20(18-25)22(26)23(2)17-19-8-5-4-6-9-19/h4-6,8-9,20-21H,3,7,10-18H2,1-2H3/t20-/m0/s1. The first-order chi connectivity index (χ1) is 12.7. The number of carbonyl (C=O) groups is 1. The molecule has 1 aromatic rings. The monoisotopic (exact) mass is 357 g/mol. The Hall–Kier alpha value is -1.39. The molecule has 0 radical (unpaired) electrons. The zero-order chi connectivity index (χ0) is 18.4. The van der Waals surface area contributed by atoms with E-state index < -0.39 is 0 Å². The zero-order valence-electron chi connectivity index (χ0n) is 16.6. The molecule has 0 aliphatic carbocycles. The Labute approximate surface area is 159 Å². The van der Waals surface area contributed by atoms with Gasteiger partial charge >= 0.3 is 0 Å². The Bertz CT molecular complexity index is 554. The van der Waals surface area contributed by atoms with Crippen molar-refractivity contribution in [3.63, 3.8) is 0 Å². The average molecular weight is 358 g/mol. The van der Waals surface area contributed by atoms with Crippen molar-refractivity contribution in [2.75, 3.05) is 39.8 Å². The summed E-state index contributed by atoms with van der Waals surface area (Å²) in [6.07, 6.45) is 5.98. The predicted molar refractivity (Wildman–Crippen MR) is 107 cm³/mol. The molecular formula is C22H35N3O. The van der Waals surface area contributed by atoms with Crippen LogP contribution < -0.4 is 0 Å². The van der Waals surface area contributed by atoms with Gasteiger partial charge in [-0.3, -0.25) is 9.69 Å². The molecule has 2 fully saturated rings. The largest absolute Gasteiger partial charge is 0.341 e. The molecule has 3 rings (SSSR count). The van der Waals surface area contributed by atoms with E-state index in [0.717, 1.165) is 19.4 Å². The molecule has 0 spiro atoms. The van der Waals surface area contributed by atoms with Gasteiger partial charge in [0.25, 0.3) is 0 Å². The summed E-state index contributed by atoms with van der Waals surface area (Å²) >= 11 is 0. The van der Waals surface area contributed by atoms with E-state index in [1.165, 1.54) is 51.0 Å². The van der Waals surface area contributed by atoms with Gasteiger partial charge in [-0.15, -0.1) is 0 Å². The number of nitrogens with zero attached hydrogens (tertiary/aromatic N) is 3. The molecule has 26 heavy (non-hydrogen) atoms. The maximum Gasteiger partial charge on any atom is 0.227 e. The van der Waals surface area contributed by atoms with Gasteiger partial charge in [0.05, 0.1) is 5.92 Å². The van der Waals surface area contributed by atoms with Gasteiger partial charge < -0.3 is 9.80 Å². The third-order valence-electron chi connectivity index (χ3n) is 6.05. The first-order valence-corrected chi connectivity index (χ1v) is 10.4. The second-order valence-corrected chi connectivity index (χ2v) is 8.09. The van der Waals surface area contributed by atoms with Crippen molar-refractivity contribution in [1.82, 2.24) is 14.7 Å². The molecule has 1 aromatic carbocycles. The fourth-order valence-electron chi connectivity index (χ4n) is 4.61. The Balaban J connectivity index is 1.50. The Morgan fingerprint density at radius 2 is 1.85 bits per heavy atom. The summed E-state index contributed by atoms with van der Waals surface area (Å²) in [5.74, 6) is 0.494. The highest BCUT2D eigenvalue weighted by Gasteiger charge is 2.32. The van der Waals surface area contributed by atoms with E-state index >= 15 is 0 Å². The second kappa shape index (κ2) is 9.52. The predicted octanol–water partition coefficient (Wildman–Crippen LogP) is 3.23. The van der Waals surface area contributed by atoms with Crippen LogP contribution >= 0.6 is 0 Å². The number of rotatable bonds is 6. The van der Waals surface area contributed by atoms with Gasteiger partial charge in [0.1, 0.15) is 0 Å². The van der Waals surface area contributed by atoms with Crippen molar-refractivity contribution in [3.8, 4) is 0 Å². The van der Waals surface area contributed by atoms with Gasteiger partial charge in [-0.05, 0) is 63.8 Å². The lowest BCUT2D eigenvalue weighted by Gasteiger charge is -2.42. The fraction of sp³-hybridized carbons (Fsp3) is 0.682. The summed E-state index contributed by atoms with van der Waals surface area (Å²) in [6, 6.07) is 11.0. The van der Waals surface area contributed by atoms with Gasteiger partial charge in [-0.25, -0.2) is 0 Å². The average Bonchev–Trinajstić information content (AvgIpc) is 2.69. The molecule has 0 saturated carbocycles. The minimum Gasteiger partial charge on any atom is -0.341 e. The number of hydrogen-bond donors (Lipinski definition) is 0. The maximum absolute atomic E-state index is 13.0. The molecule has 2 aliphatic heterocycles. The van der Waals surface area contributed by atoms with Crippen LogP contribution in [0.3, 0.4) is 0 Å². The minimum atomic E-state index is 0.172. The van der Waals surface area contributed by atoms with Crippen molar-refractivity contribution < 1.29 is 4.79 Å². The molecular weight excluding hydrogens is 322 g/mol. The molecule has 2 saturated heterocycles. The topological polar surface area (TPSA) is 26.8 Å². The molecule has 0 unspecified atom stereocenters. The Kier molecular flexibility index (Phi) is 7.09. The number of piperidine rings is 2. The summed E-state index contributed by atoms with van der Waals surface area (Å²) in [5.41, 5.74) is 1.21. The van der Waals surface area contributed by atoms with E-state index in [9.17, 15) is 4.79 Å². The van der Waals surface area contributed by atoms with Gasteiger partial charge in [0.15, 0.2) is 0 Å². The molecule has 144 valence electrons. The quantitative estimate of drug-likeness (QED) is 0.782. The minimum absolute atomic E-state index is 0.172. The number of likely N-dealkylation sites (tertiary alicyclic amines) is 2. The fourth-order valence-corrected chi connectivity index (χ4v) is 4.61. The van der Waals surface area contributed by atoms with Gasteiger partial charge in [-0.1, -0.05) is 37.3 Å². The lowest BCUT2D eigenvalue weighted by atomic mass is 9.92. The molecule has 0 N–H and O–H groups in total. The lowest BCUT2D eigenvalue weighted by molar-refractivity contribution is -0.137. The van der Waals surface area contributed by atoms with Crippen LogP contribution in [0.15, 0.2) is 30.3 Å². The highest BCUT2D eigenvalue weighted by atomic mass is 16.2. The van der Waals surface area contributed by atoms with E-state index in [-0.39, 0.29) is 5.92 Å². The van der Waals surface area contributed by atoms with Crippen LogP contribution in [-0.2, 0) is 11.3 Å². The molecule has 1 amide bonds. The molecule has 4 nitrogen and oxygen atoms in total. The number of amides is 1. The van der Waals surface area contributed by atoms with E-state index in [4.69, 9.17) is 0 Å². The normalized spacial score (nSPS) is 23.1. The SMILES string of the molecule is CCCN1CCC(N2CCC[C@H](C(=O)N(C)Cc3ccccc3)C2)CC1. The summed E-state index contributed by atoms with van der Waals surface area (Å²) in [6.45, 7) is 8.78. The van der Waals surface area contributed by atoms with Crippen LogP contribution in [0.4, 0.5) is 0 Å². The van der Waals surface area contributed by atoms with Crippen LogP contribution in [-0.4, -0.2) is 66.4 Å². The molecule has 2 heterocycles. The van der Waals surface area contributed by atoms with Crippen LogP contribution in [0, 0.1) is 5.92 Å². The third-order valence-corrected chi connectivity index (χ3v) is 6.05. The second-order valence-electron chi connectivity index (χ2n) is 8.09. The van der Waals surface area contributed by atoms with Crippen LogP contribution in [0.1, 0.15) is 44.6 Å². The smallest absolute Gasteiger partial charge is 0.227 e. The first kappa shape index (κ1) is 19.4. The third kappa shape index (κ3) is 5.08. The van der Waals surface area contributed by atoms with Gasteiger partial charge in [-0.2, -0.15) is 0 Å². The maximum atomic E-state index is 13.0. The lowest BCUT2D eigenvalue weighted by Crippen LogP contribution is -2.50. The zero-order valence-corrected chi connectivity index (χ0v) is 16.6. The van der Waals surface area contributed by atoms with Crippen LogP contribution in [0.5, 0.6) is 0 Å². The van der Waals surface area contributed by atoms with Crippen molar-refractivity contribution in [2.24, 2.45) is 5.92 Å². The highest BCUT2D eigenvalue weighted by molar-refractivity contribution is 5.79. The molecule has 1 atom stereocenters. The van der Waals surface area contributed by atoms with E-state index in [1.54, 1.807) is 0 Å². The summed E-state index contributed by atoms with van der Waals surface area (Å²) < 4.78 is 0.